The zero-order chi connectivity index (χ0) is 37.3. The lowest BCUT2D eigenvalue weighted by Gasteiger charge is -2.56. The molecule has 20 atom stereocenters. The number of rotatable bonds is 8. The molecule has 10 saturated carbocycles. The minimum atomic E-state index is -1.54. The van der Waals surface area contributed by atoms with E-state index < -0.39 is 8.07 Å². The summed E-state index contributed by atoms with van der Waals surface area (Å²) in [6, 6.07) is 0. The Morgan fingerprint density at radius 3 is 1.00 bits per heavy atom. The van der Waals surface area contributed by atoms with Gasteiger partial charge in [0, 0.05) is 0 Å². The molecule has 0 aromatic heterocycles. The SMILES string of the molecule is CCCC1CC2C(C3CC4CCCCC4C4CCCCC43)CCCC2C1[Si](C)(C)C1C(CCC)CC2C(C3CC4CCCCC4C4CCCCC43)CCCC21. The minimum absolute atomic E-state index is 1.08. The van der Waals surface area contributed by atoms with Crippen LogP contribution in [0.1, 0.15) is 206 Å². The maximum absolute atomic E-state index is 3.11. The molecule has 0 saturated heterocycles. The van der Waals surface area contributed by atoms with E-state index in [2.05, 4.69) is 26.9 Å². The molecular weight excluding hydrogens is 677 g/mol. The van der Waals surface area contributed by atoms with Gasteiger partial charge in [-0.1, -0.05) is 143 Å². The van der Waals surface area contributed by atoms with Crippen LogP contribution in [0.5, 0.6) is 0 Å². The summed E-state index contributed by atoms with van der Waals surface area (Å²) in [6.07, 6.45) is 48.1. The Labute approximate surface area is 343 Å². The summed E-state index contributed by atoms with van der Waals surface area (Å²) >= 11 is 0. The fourth-order valence-electron chi connectivity index (χ4n) is 21.6. The first-order valence-corrected chi connectivity index (χ1v) is 30.1. The summed E-state index contributed by atoms with van der Waals surface area (Å²) in [5, 5.41) is 0. The average Bonchev–Trinajstić information content (AvgIpc) is 3.80. The van der Waals surface area contributed by atoms with Crippen LogP contribution in [0.3, 0.4) is 0 Å². The van der Waals surface area contributed by atoms with E-state index in [4.69, 9.17) is 0 Å². The molecule has 1 heteroatoms. The van der Waals surface area contributed by atoms with Gasteiger partial charge in [-0.3, -0.25) is 0 Å². The third kappa shape index (κ3) is 6.91. The van der Waals surface area contributed by atoms with Gasteiger partial charge in [-0.05, 0) is 195 Å². The van der Waals surface area contributed by atoms with Crippen molar-refractivity contribution in [2.24, 2.45) is 107 Å². The average molecular weight is 769 g/mol. The van der Waals surface area contributed by atoms with E-state index in [0.717, 1.165) is 118 Å². The second-order valence-electron chi connectivity index (χ2n) is 24.7. The van der Waals surface area contributed by atoms with Gasteiger partial charge in [-0.15, -0.1) is 0 Å². The molecule has 10 fully saturated rings. The van der Waals surface area contributed by atoms with Gasteiger partial charge in [0.05, 0.1) is 8.07 Å². The molecule has 0 spiro atoms. The Morgan fingerprint density at radius 2 is 0.600 bits per heavy atom. The fraction of sp³-hybridized carbons (Fsp3) is 1.00. The van der Waals surface area contributed by atoms with Crippen LogP contribution in [0.15, 0.2) is 0 Å². The maximum atomic E-state index is 3.11. The second kappa shape index (κ2) is 16.6. The van der Waals surface area contributed by atoms with Gasteiger partial charge < -0.3 is 0 Å². The highest BCUT2D eigenvalue weighted by Crippen LogP contribution is 2.70. The van der Waals surface area contributed by atoms with Crippen molar-refractivity contribution >= 4 is 8.07 Å². The Bertz CT molecular complexity index is 1170. The summed E-state index contributed by atoms with van der Waals surface area (Å²) in [7, 11) is -1.54. The van der Waals surface area contributed by atoms with Gasteiger partial charge >= 0.3 is 0 Å². The Kier molecular flexibility index (Phi) is 11.9. The lowest BCUT2D eigenvalue weighted by atomic mass is 9.50. The van der Waals surface area contributed by atoms with Gasteiger partial charge in [0.2, 0.25) is 0 Å². The lowest BCUT2D eigenvalue weighted by Crippen LogP contribution is -2.50. The molecule has 0 amide bonds. The number of fused-ring (bicyclic) bond motifs is 8. The van der Waals surface area contributed by atoms with Crippen LogP contribution in [-0.2, 0) is 0 Å². The predicted molar refractivity (Wildman–Crippen MR) is 238 cm³/mol. The smallest absolute Gasteiger partial charge is 0.0547 e. The van der Waals surface area contributed by atoms with Crippen LogP contribution in [0, 0.1) is 107 Å². The van der Waals surface area contributed by atoms with E-state index in [1.54, 1.807) is 180 Å². The number of hydrogen-bond donors (Lipinski definition) is 0. The van der Waals surface area contributed by atoms with Crippen molar-refractivity contribution in [3.8, 4) is 0 Å². The van der Waals surface area contributed by atoms with Gasteiger partial charge in [0.1, 0.15) is 0 Å². The molecule has 55 heavy (non-hydrogen) atoms. The first kappa shape index (κ1) is 39.4. The van der Waals surface area contributed by atoms with Crippen LogP contribution in [0.25, 0.3) is 0 Å². The van der Waals surface area contributed by atoms with Crippen molar-refractivity contribution in [3.05, 3.63) is 0 Å². The molecule has 0 aliphatic heterocycles. The van der Waals surface area contributed by atoms with E-state index in [1.807, 2.05) is 0 Å². The summed E-state index contributed by atoms with van der Waals surface area (Å²) in [5.74, 6) is 20.1. The summed E-state index contributed by atoms with van der Waals surface area (Å²) in [6.45, 7) is 11.4. The second-order valence-corrected chi connectivity index (χ2v) is 29.7. The molecule has 0 aromatic carbocycles. The molecule has 312 valence electrons. The molecule has 10 aliphatic carbocycles. The summed E-state index contributed by atoms with van der Waals surface area (Å²) < 4.78 is 0. The van der Waals surface area contributed by atoms with E-state index in [1.165, 1.54) is 12.8 Å². The Hall–Kier alpha value is 0.217. The summed E-state index contributed by atoms with van der Waals surface area (Å²) in [4.78, 5) is 0. The van der Waals surface area contributed by atoms with Gasteiger partial charge in [0.15, 0.2) is 0 Å². The van der Waals surface area contributed by atoms with Crippen molar-refractivity contribution in [2.75, 3.05) is 0 Å². The fourth-order valence-corrected chi connectivity index (χ4v) is 28.1. The highest BCUT2D eigenvalue weighted by molar-refractivity contribution is 6.80. The minimum Gasteiger partial charge on any atom is -0.0689 e. The van der Waals surface area contributed by atoms with Crippen LogP contribution < -0.4 is 0 Å². The van der Waals surface area contributed by atoms with Crippen LogP contribution in [0.4, 0.5) is 0 Å². The molecule has 0 N–H and O–H groups in total. The zero-order valence-electron chi connectivity index (χ0n) is 37.3. The van der Waals surface area contributed by atoms with E-state index in [0.29, 0.717) is 0 Å². The quantitative estimate of drug-likeness (QED) is 0.216. The molecule has 0 nitrogen and oxygen atoms in total. The Morgan fingerprint density at radius 1 is 0.309 bits per heavy atom. The van der Waals surface area contributed by atoms with Crippen molar-refractivity contribution in [1.29, 1.82) is 0 Å². The zero-order valence-corrected chi connectivity index (χ0v) is 38.3. The van der Waals surface area contributed by atoms with Gasteiger partial charge in [0.25, 0.3) is 0 Å². The van der Waals surface area contributed by atoms with E-state index in [9.17, 15) is 0 Å². The van der Waals surface area contributed by atoms with Crippen LogP contribution in [0.2, 0.25) is 24.2 Å². The largest absolute Gasteiger partial charge is 0.0689 e. The number of hydrogen-bond acceptors (Lipinski definition) is 0. The lowest BCUT2D eigenvalue weighted by molar-refractivity contribution is -0.0589. The topological polar surface area (TPSA) is 0 Å². The predicted octanol–water partition coefficient (Wildman–Crippen LogP) is 16.4. The third-order valence-electron chi connectivity index (χ3n) is 22.6. The third-order valence-corrected chi connectivity index (χ3v) is 27.8. The summed E-state index contributed by atoms with van der Waals surface area (Å²) in [5.41, 5.74) is 2.30. The highest BCUT2D eigenvalue weighted by Gasteiger charge is 2.63. The Balaban J connectivity index is 0.934. The van der Waals surface area contributed by atoms with Crippen molar-refractivity contribution in [2.45, 2.75) is 231 Å². The molecule has 10 rings (SSSR count). The molecule has 10 aliphatic rings. The van der Waals surface area contributed by atoms with Crippen LogP contribution >= 0.6 is 0 Å². The van der Waals surface area contributed by atoms with Crippen molar-refractivity contribution in [3.63, 3.8) is 0 Å². The normalized spacial score (nSPS) is 52.6. The van der Waals surface area contributed by atoms with Crippen molar-refractivity contribution < 1.29 is 0 Å². The maximum Gasteiger partial charge on any atom is 0.0547 e. The first-order valence-electron chi connectivity index (χ1n) is 27.0. The van der Waals surface area contributed by atoms with E-state index >= 15 is 0 Å². The standard InChI is InChI=1S/C54H92Si/c1-5-17-37-33-51-45(49-31-35-19-7-9-21-39(35)41-23-11-13-25-43(41)49)27-15-29-47(51)53(37)55(3,4)54-38(18-6-2)34-52-46(28-16-30-48(52)54)50-32-36-20-8-10-22-40(36)42-24-12-14-26-44(42)50/h35-54H,5-34H2,1-4H3. The molecule has 20 unspecified atom stereocenters. The van der Waals surface area contributed by atoms with E-state index in [-0.39, 0.29) is 0 Å². The molecule has 0 heterocycles. The van der Waals surface area contributed by atoms with Crippen LogP contribution in [-0.4, -0.2) is 8.07 Å². The monoisotopic (exact) mass is 769 g/mol. The molecule has 0 radical (unpaired) electrons. The first-order chi connectivity index (χ1) is 27.0. The molecule has 0 bridgehead atoms. The highest BCUT2D eigenvalue weighted by atomic mass is 28.3. The van der Waals surface area contributed by atoms with Gasteiger partial charge in [-0.2, -0.15) is 0 Å². The molecule has 0 aromatic rings. The molecular formula is C54H92Si. The van der Waals surface area contributed by atoms with Gasteiger partial charge in [-0.25, -0.2) is 0 Å². The van der Waals surface area contributed by atoms with Crippen molar-refractivity contribution in [1.82, 2.24) is 0 Å².